The SMILES string of the molecule is CCC(N)(CF)CC(N)=O. The second-order valence-electron chi connectivity index (χ2n) is 2.49. The Kier molecular flexibility index (Phi) is 3.28. The Morgan fingerprint density at radius 3 is 2.30 bits per heavy atom. The van der Waals surface area contributed by atoms with Crippen molar-refractivity contribution in [2.45, 2.75) is 25.3 Å². The second-order valence-corrected chi connectivity index (χ2v) is 2.49. The van der Waals surface area contributed by atoms with Crippen LogP contribution in [0.4, 0.5) is 4.39 Å². The van der Waals surface area contributed by atoms with Crippen molar-refractivity contribution in [2.75, 3.05) is 6.67 Å². The summed E-state index contributed by atoms with van der Waals surface area (Å²) >= 11 is 0. The third-order valence-corrected chi connectivity index (χ3v) is 1.50. The Bertz CT molecular complexity index is 123. The van der Waals surface area contributed by atoms with E-state index in [1.807, 2.05) is 0 Å². The molecule has 1 amide bonds. The van der Waals surface area contributed by atoms with Gasteiger partial charge in [-0.3, -0.25) is 4.79 Å². The van der Waals surface area contributed by atoms with Crippen molar-refractivity contribution in [3.05, 3.63) is 0 Å². The van der Waals surface area contributed by atoms with Gasteiger partial charge in [0.05, 0.1) is 5.54 Å². The molecule has 0 aromatic rings. The Labute approximate surface area is 59.6 Å². The lowest BCUT2D eigenvalue weighted by Crippen LogP contribution is -2.44. The molecule has 0 aliphatic heterocycles. The van der Waals surface area contributed by atoms with Gasteiger partial charge in [0.2, 0.25) is 5.91 Å². The van der Waals surface area contributed by atoms with Crippen molar-refractivity contribution in [1.29, 1.82) is 0 Å². The minimum absolute atomic E-state index is 0.0833. The number of carbonyl (C=O) groups is 1. The molecule has 0 radical (unpaired) electrons. The number of primary amides is 1. The first-order valence-corrected chi connectivity index (χ1v) is 3.17. The van der Waals surface area contributed by atoms with Crippen LogP contribution in [-0.2, 0) is 4.79 Å². The molecule has 0 bridgehead atoms. The molecule has 1 atom stereocenters. The molecule has 0 aromatic heterocycles. The Morgan fingerprint density at radius 2 is 2.20 bits per heavy atom. The molecule has 0 saturated carbocycles. The summed E-state index contributed by atoms with van der Waals surface area (Å²) in [5, 5.41) is 0. The second kappa shape index (κ2) is 3.51. The van der Waals surface area contributed by atoms with Crippen LogP contribution in [-0.4, -0.2) is 18.1 Å². The lowest BCUT2D eigenvalue weighted by atomic mass is 9.95. The summed E-state index contributed by atoms with van der Waals surface area (Å²) in [7, 11) is 0. The van der Waals surface area contributed by atoms with Gasteiger partial charge >= 0.3 is 0 Å². The summed E-state index contributed by atoms with van der Waals surface area (Å²) in [6.45, 7) is 1.02. The molecule has 0 aromatic carbocycles. The lowest BCUT2D eigenvalue weighted by molar-refractivity contribution is -0.119. The lowest BCUT2D eigenvalue weighted by Gasteiger charge is -2.21. The summed E-state index contributed by atoms with van der Waals surface area (Å²) in [5.41, 5.74) is 9.23. The summed E-state index contributed by atoms with van der Waals surface area (Å²) in [4.78, 5) is 10.3. The van der Waals surface area contributed by atoms with E-state index in [1.54, 1.807) is 6.92 Å². The maximum Gasteiger partial charge on any atom is 0.219 e. The molecular formula is C6H13FN2O. The standard InChI is InChI=1S/C6H13FN2O/c1-2-6(9,4-7)3-5(8)10/h2-4,9H2,1H3,(H2,8,10). The number of carbonyl (C=O) groups excluding carboxylic acids is 1. The zero-order chi connectivity index (χ0) is 8.20. The van der Waals surface area contributed by atoms with Gasteiger partial charge < -0.3 is 11.5 Å². The summed E-state index contributed by atoms with van der Waals surface area (Å²) in [5.74, 6) is -0.554. The van der Waals surface area contributed by atoms with Gasteiger partial charge in [-0.15, -0.1) is 0 Å². The van der Waals surface area contributed by atoms with Gasteiger partial charge in [0.25, 0.3) is 0 Å². The number of hydrogen-bond acceptors (Lipinski definition) is 2. The van der Waals surface area contributed by atoms with Crippen LogP contribution < -0.4 is 11.5 Å². The van der Waals surface area contributed by atoms with E-state index in [4.69, 9.17) is 11.5 Å². The predicted molar refractivity (Wildman–Crippen MR) is 37.0 cm³/mol. The van der Waals surface area contributed by atoms with Crippen molar-refractivity contribution in [2.24, 2.45) is 11.5 Å². The average molecular weight is 148 g/mol. The molecule has 0 aliphatic rings. The monoisotopic (exact) mass is 148 g/mol. The molecule has 0 heterocycles. The molecule has 3 nitrogen and oxygen atoms in total. The fraction of sp³-hybridized carbons (Fsp3) is 0.833. The first-order valence-electron chi connectivity index (χ1n) is 3.17. The zero-order valence-corrected chi connectivity index (χ0v) is 6.06. The van der Waals surface area contributed by atoms with Crippen molar-refractivity contribution >= 4 is 5.91 Å². The molecule has 0 aliphatic carbocycles. The molecule has 1 unspecified atom stereocenters. The van der Waals surface area contributed by atoms with E-state index in [9.17, 15) is 9.18 Å². The van der Waals surface area contributed by atoms with Crippen LogP contribution in [0.25, 0.3) is 0 Å². The minimum atomic E-state index is -1.04. The van der Waals surface area contributed by atoms with Crippen molar-refractivity contribution in [3.63, 3.8) is 0 Å². The van der Waals surface area contributed by atoms with E-state index in [2.05, 4.69) is 0 Å². The van der Waals surface area contributed by atoms with Gasteiger partial charge in [-0.2, -0.15) is 0 Å². The first kappa shape index (κ1) is 9.36. The Hall–Kier alpha value is -0.640. The van der Waals surface area contributed by atoms with E-state index in [-0.39, 0.29) is 6.42 Å². The van der Waals surface area contributed by atoms with E-state index in [0.29, 0.717) is 6.42 Å². The average Bonchev–Trinajstić information content (AvgIpc) is 1.87. The molecule has 4 heteroatoms. The van der Waals surface area contributed by atoms with Gasteiger partial charge in [-0.05, 0) is 6.42 Å². The van der Waals surface area contributed by atoms with Crippen LogP contribution in [0.5, 0.6) is 0 Å². The van der Waals surface area contributed by atoms with Crippen molar-refractivity contribution in [1.82, 2.24) is 0 Å². The third-order valence-electron chi connectivity index (χ3n) is 1.50. The minimum Gasteiger partial charge on any atom is -0.370 e. The number of nitrogens with two attached hydrogens (primary N) is 2. The van der Waals surface area contributed by atoms with Crippen LogP contribution in [0.15, 0.2) is 0 Å². The molecule has 4 N–H and O–H groups in total. The summed E-state index contributed by atoms with van der Waals surface area (Å²) in [6, 6.07) is 0. The molecule has 0 saturated heterocycles. The van der Waals surface area contributed by atoms with Gasteiger partial charge in [-0.25, -0.2) is 4.39 Å². The number of hydrogen-bond donors (Lipinski definition) is 2. The summed E-state index contributed by atoms with van der Waals surface area (Å²) < 4.78 is 12.1. The van der Waals surface area contributed by atoms with Gasteiger partial charge in [0.1, 0.15) is 6.67 Å². The van der Waals surface area contributed by atoms with Gasteiger partial charge in [0, 0.05) is 6.42 Å². The van der Waals surface area contributed by atoms with Crippen LogP contribution >= 0.6 is 0 Å². The van der Waals surface area contributed by atoms with E-state index in [1.165, 1.54) is 0 Å². The van der Waals surface area contributed by atoms with Crippen LogP contribution in [0.2, 0.25) is 0 Å². The zero-order valence-electron chi connectivity index (χ0n) is 6.06. The Morgan fingerprint density at radius 1 is 1.70 bits per heavy atom. The molecule has 0 spiro atoms. The predicted octanol–water partition coefficient (Wildman–Crippen LogP) is -0.0612. The molecule has 0 fully saturated rings. The maximum atomic E-state index is 12.1. The smallest absolute Gasteiger partial charge is 0.219 e. The van der Waals surface area contributed by atoms with Crippen LogP contribution in [0.1, 0.15) is 19.8 Å². The quantitative estimate of drug-likeness (QED) is 0.586. The van der Waals surface area contributed by atoms with E-state index >= 15 is 0 Å². The number of rotatable bonds is 4. The molecule has 0 rings (SSSR count). The highest BCUT2D eigenvalue weighted by Gasteiger charge is 2.24. The van der Waals surface area contributed by atoms with Crippen LogP contribution in [0.3, 0.4) is 0 Å². The Balaban J connectivity index is 3.92. The fourth-order valence-corrected chi connectivity index (χ4v) is 0.614. The van der Waals surface area contributed by atoms with Crippen molar-refractivity contribution < 1.29 is 9.18 Å². The molecule has 10 heavy (non-hydrogen) atoms. The number of amides is 1. The molecule has 60 valence electrons. The van der Waals surface area contributed by atoms with Gasteiger partial charge in [-0.1, -0.05) is 6.92 Å². The summed E-state index contributed by atoms with van der Waals surface area (Å²) in [6.07, 6.45) is 0.340. The highest BCUT2D eigenvalue weighted by atomic mass is 19.1. The van der Waals surface area contributed by atoms with E-state index < -0.39 is 18.1 Å². The van der Waals surface area contributed by atoms with Crippen LogP contribution in [0, 0.1) is 0 Å². The van der Waals surface area contributed by atoms with Gasteiger partial charge in [0.15, 0.2) is 0 Å². The first-order chi connectivity index (χ1) is 4.54. The largest absolute Gasteiger partial charge is 0.370 e. The topological polar surface area (TPSA) is 69.1 Å². The number of alkyl halides is 1. The highest BCUT2D eigenvalue weighted by molar-refractivity contribution is 5.75. The normalized spacial score (nSPS) is 16.3. The third kappa shape index (κ3) is 2.77. The van der Waals surface area contributed by atoms with E-state index in [0.717, 1.165) is 0 Å². The molecular weight excluding hydrogens is 135 g/mol. The number of halogens is 1. The highest BCUT2D eigenvalue weighted by Crippen LogP contribution is 2.10. The maximum absolute atomic E-state index is 12.1. The van der Waals surface area contributed by atoms with Crippen molar-refractivity contribution in [3.8, 4) is 0 Å². The fourth-order valence-electron chi connectivity index (χ4n) is 0.614.